The number of hydrogen-bond donors (Lipinski definition) is 3. The minimum atomic E-state index is -1.03. The summed E-state index contributed by atoms with van der Waals surface area (Å²) in [5, 5.41) is 14.9. The molecule has 8 heteroatoms. The molecule has 0 radical (unpaired) electrons. The standard InChI is InChI=1S/C33H37N3O5/c1-22(24-17-18-36(20-24)19-23-9-3-2-4-10-23)34-32(39)30(15-16-31(37)38)35-33(40)41-21-29-27-13-7-5-11-25(27)26-12-6-8-14-28(26)29/h2-14,22,24,29-30H,15-21H2,1H3,(H,34,39)(H,35,40)(H,37,38). The van der Waals surface area contributed by atoms with E-state index in [-0.39, 0.29) is 37.3 Å². The molecule has 3 aromatic rings. The minimum Gasteiger partial charge on any atom is -0.481 e. The Morgan fingerprint density at radius 1 is 0.927 bits per heavy atom. The second-order valence-corrected chi connectivity index (χ2v) is 11.0. The number of carbonyl (C=O) groups is 3. The summed E-state index contributed by atoms with van der Waals surface area (Å²) in [6.45, 7) is 4.75. The maximum atomic E-state index is 13.2. The van der Waals surface area contributed by atoms with Gasteiger partial charge >= 0.3 is 12.1 Å². The summed E-state index contributed by atoms with van der Waals surface area (Å²) in [6.07, 6.45) is -0.0544. The highest BCUT2D eigenvalue weighted by atomic mass is 16.5. The summed E-state index contributed by atoms with van der Waals surface area (Å²) in [7, 11) is 0. The summed E-state index contributed by atoms with van der Waals surface area (Å²) >= 11 is 0. The number of aliphatic carboxylic acids is 1. The Kier molecular flexibility index (Phi) is 8.99. The summed E-state index contributed by atoms with van der Waals surface area (Å²) in [5.41, 5.74) is 5.69. The number of amides is 2. The highest BCUT2D eigenvalue weighted by Gasteiger charge is 2.32. The van der Waals surface area contributed by atoms with Crippen LogP contribution in [0.2, 0.25) is 0 Å². The number of benzene rings is 3. The van der Waals surface area contributed by atoms with Gasteiger partial charge in [-0.25, -0.2) is 4.79 Å². The Morgan fingerprint density at radius 3 is 2.22 bits per heavy atom. The Morgan fingerprint density at radius 2 is 1.56 bits per heavy atom. The number of likely N-dealkylation sites (tertiary alicyclic amines) is 1. The molecule has 3 atom stereocenters. The monoisotopic (exact) mass is 555 g/mol. The van der Waals surface area contributed by atoms with E-state index in [1.807, 2.05) is 61.5 Å². The van der Waals surface area contributed by atoms with E-state index >= 15 is 0 Å². The first-order chi connectivity index (χ1) is 19.9. The first kappa shape index (κ1) is 28.4. The van der Waals surface area contributed by atoms with Gasteiger partial charge < -0.3 is 20.5 Å². The SMILES string of the molecule is CC(NC(=O)C(CCC(=O)O)NC(=O)OCC1c2ccccc2-c2ccccc21)C1CCN(Cc2ccccc2)C1. The molecule has 0 spiro atoms. The number of nitrogens with one attached hydrogen (secondary N) is 2. The number of nitrogens with zero attached hydrogens (tertiary/aromatic N) is 1. The largest absolute Gasteiger partial charge is 0.481 e. The van der Waals surface area contributed by atoms with Gasteiger partial charge in [0.15, 0.2) is 0 Å². The molecule has 3 N–H and O–H groups in total. The van der Waals surface area contributed by atoms with Gasteiger partial charge in [-0.15, -0.1) is 0 Å². The third kappa shape index (κ3) is 6.95. The predicted octanol–water partition coefficient (Wildman–Crippen LogP) is 4.79. The lowest BCUT2D eigenvalue weighted by atomic mass is 9.98. The van der Waals surface area contributed by atoms with Crippen LogP contribution in [0.4, 0.5) is 4.79 Å². The summed E-state index contributed by atoms with van der Waals surface area (Å²) in [6, 6.07) is 25.3. The fourth-order valence-electron chi connectivity index (χ4n) is 6.02. The van der Waals surface area contributed by atoms with Crippen LogP contribution in [0.25, 0.3) is 11.1 Å². The molecule has 3 unspecified atom stereocenters. The molecular weight excluding hydrogens is 518 g/mol. The first-order valence-corrected chi connectivity index (χ1v) is 14.3. The third-order valence-electron chi connectivity index (χ3n) is 8.23. The van der Waals surface area contributed by atoms with Gasteiger partial charge in [0.1, 0.15) is 12.6 Å². The Bertz CT molecular complexity index is 1330. The molecule has 1 aliphatic carbocycles. The number of ether oxygens (including phenoxy) is 1. The van der Waals surface area contributed by atoms with Crippen molar-refractivity contribution in [3.63, 3.8) is 0 Å². The third-order valence-corrected chi connectivity index (χ3v) is 8.23. The first-order valence-electron chi connectivity index (χ1n) is 14.3. The Labute approximate surface area is 240 Å². The number of alkyl carbamates (subject to hydrolysis) is 1. The van der Waals surface area contributed by atoms with E-state index in [1.54, 1.807) is 0 Å². The molecule has 5 rings (SSSR count). The average Bonchev–Trinajstić information content (AvgIpc) is 3.57. The Hall–Kier alpha value is -4.17. The number of carboxylic acid groups (broad SMARTS) is 1. The lowest BCUT2D eigenvalue weighted by Crippen LogP contribution is -2.51. The number of rotatable bonds is 11. The van der Waals surface area contributed by atoms with E-state index in [2.05, 4.69) is 39.8 Å². The molecule has 0 aromatic heterocycles. The van der Waals surface area contributed by atoms with Gasteiger partial charge in [0.05, 0.1) is 0 Å². The van der Waals surface area contributed by atoms with Crippen LogP contribution in [0.1, 0.15) is 48.8 Å². The lowest BCUT2D eigenvalue weighted by molar-refractivity contribution is -0.137. The van der Waals surface area contributed by atoms with E-state index in [9.17, 15) is 19.5 Å². The number of carbonyl (C=O) groups excluding carboxylic acids is 2. The van der Waals surface area contributed by atoms with Crippen molar-refractivity contribution in [3.05, 3.63) is 95.6 Å². The number of carboxylic acids is 1. The second kappa shape index (κ2) is 13.0. The van der Waals surface area contributed by atoms with Crippen LogP contribution >= 0.6 is 0 Å². The Balaban J connectivity index is 1.16. The molecule has 214 valence electrons. The highest BCUT2D eigenvalue weighted by molar-refractivity contribution is 5.86. The highest BCUT2D eigenvalue weighted by Crippen LogP contribution is 2.44. The molecule has 2 amide bonds. The normalized spacial score (nSPS) is 17.7. The van der Waals surface area contributed by atoms with E-state index in [0.717, 1.165) is 48.3 Å². The lowest BCUT2D eigenvalue weighted by Gasteiger charge is -2.25. The molecule has 1 heterocycles. The maximum absolute atomic E-state index is 13.2. The zero-order valence-corrected chi connectivity index (χ0v) is 23.3. The molecule has 1 aliphatic heterocycles. The van der Waals surface area contributed by atoms with Crippen molar-refractivity contribution in [3.8, 4) is 11.1 Å². The van der Waals surface area contributed by atoms with E-state index < -0.39 is 24.0 Å². The summed E-state index contributed by atoms with van der Waals surface area (Å²) in [5.74, 6) is -1.27. The maximum Gasteiger partial charge on any atom is 0.407 e. The van der Waals surface area contributed by atoms with Gasteiger partial charge in [0, 0.05) is 31.5 Å². The van der Waals surface area contributed by atoms with Gasteiger partial charge in [0.25, 0.3) is 0 Å². The second-order valence-electron chi connectivity index (χ2n) is 11.0. The smallest absolute Gasteiger partial charge is 0.407 e. The molecular formula is C33H37N3O5. The van der Waals surface area contributed by atoms with Crippen molar-refractivity contribution in [1.29, 1.82) is 0 Å². The van der Waals surface area contributed by atoms with Crippen molar-refractivity contribution in [1.82, 2.24) is 15.5 Å². The molecule has 41 heavy (non-hydrogen) atoms. The van der Waals surface area contributed by atoms with E-state index in [0.29, 0.717) is 0 Å². The van der Waals surface area contributed by atoms with Crippen LogP contribution in [-0.2, 0) is 20.9 Å². The van der Waals surface area contributed by atoms with Gasteiger partial charge in [-0.2, -0.15) is 0 Å². The van der Waals surface area contributed by atoms with Crippen molar-refractivity contribution >= 4 is 18.0 Å². The van der Waals surface area contributed by atoms with E-state index in [4.69, 9.17) is 4.74 Å². The number of hydrogen-bond acceptors (Lipinski definition) is 5. The van der Waals surface area contributed by atoms with Gasteiger partial charge in [-0.3, -0.25) is 14.5 Å². The van der Waals surface area contributed by atoms with Crippen LogP contribution in [0.15, 0.2) is 78.9 Å². The van der Waals surface area contributed by atoms with Crippen LogP contribution < -0.4 is 10.6 Å². The fraction of sp³-hybridized carbons (Fsp3) is 0.364. The fourth-order valence-corrected chi connectivity index (χ4v) is 6.02. The summed E-state index contributed by atoms with van der Waals surface area (Å²) in [4.78, 5) is 39.8. The minimum absolute atomic E-state index is 0.0249. The molecule has 8 nitrogen and oxygen atoms in total. The van der Waals surface area contributed by atoms with Gasteiger partial charge in [-0.1, -0.05) is 78.9 Å². The van der Waals surface area contributed by atoms with Crippen molar-refractivity contribution in [2.45, 2.75) is 50.7 Å². The van der Waals surface area contributed by atoms with Crippen LogP contribution in [0.3, 0.4) is 0 Å². The van der Waals surface area contributed by atoms with Gasteiger partial charge in [0.2, 0.25) is 5.91 Å². The molecule has 0 bridgehead atoms. The van der Waals surface area contributed by atoms with Crippen molar-refractivity contribution < 1.29 is 24.2 Å². The molecule has 1 saturated heterocycles. The zero-order chi connectivity index (χ0) is 28.8. The quantitative estimate of drug-likeness (QED) is 0.314. The van der Waals surface area contributed by atoms with Gasteiger partial charge in [-0.05, 0) is 60.0 Å². The van der Waals surface area contributed by atoms with Crippen LogP contribution in [0.5, 0.6) is 0 Å². The topological polar surface area (TPSA) is 108 Å². The van der Waals surface area contributed by atoms with Crippen molar-refractivity contribution in [2.24, 2.45) is 5.92 Å². The molecule has 0 saturated carbocycles. The number of fused-ring (bicyclic) bond motifs is 3. The van der Waals surface area contributed by atoms with Crippen molar-refractivity contribution in [2.75, 3.05) is 19.7 Å². The van der Waals surface area contributed by atoms with Crippen LogP contribution in [-0.4, -0.2) is 59.8 Å². The average molecular weight is 556 g/mol. The van der Waals surface area contributed by atoms with E-state index in [1.165, 1.54) is 5.56 Å². The molecule has 2 aliphatic rings. The molecule has 1 fully saturated rings. The molecule has 3 aromatic carbocycles. The summed E-state index contributed by atoms with van der Waals surface area (Å²) < 4.78 is 5.62. The zero-order valence-electron chi connectivity index (χ0n) is 23.3. The van der Waals surface area contributed by atoms with Crippen LogP contribution in [0, 0.1) is 5.92 Å². The predicted molar refractivity (Wildman–Crippen MR) is 156 cm³/mol.